The first-order valence-corrected chi connectivity index (χ1v) is 16.8. The zero-order valence-corrected chi connectivity index (χ0v) is 24.7. The molecule has 0 saturated heterocycles. The van der Waals surface area contributed by atoms with Crippen molar-refractivity contribution in [3.63, 3.8) is 0 Å². The van der Waals surface area contributed by atoms with Crippen LogP contribution in [0.3, 0.4) is 0 Å². The van der Waals surface area contributed by atoms with Crippen molar-refractivity contribution in [1.29, 1.82) is 0 Å². The molecule has 4 aromatic carbocycles. The predicted octanol–water partition coefficient (Wildman–Crippen LogP) is 10.0. The van der Waals surface area contributed by atoms with Gasteiger partial charge in [0.25, 0.3) is 0 Å². The van der Waals surface area contributed by atoms with Crippen molar-refractivity contribution in [2.75, 3.05) is 0 Å². The maximum atomic E-state index is 2.62. The molecule has 0 spiro atoms. The van der Waals surface area contributed by atoms with Crippen LogP contribution in [-0.2, 0) is 12.8 Å². The monoisotopic (exact) mass is 510 g/mol. The minimum absolute atomic E-state index is 1.10. The molecule has 38 heavy (non-hydrogen) atoms. The third-order valence-corrected chi connectivity index (χ3v) is 14.6. The molecule has 4 aromatic rings. The summed E-state index contributed by atoms with van der Waals surface area (Å²) >= 11 is 0. The number of aryl methyl sites for hydroxylation is 2. The first-order valence-electron chi connectivity index (χ1n) is 14.1. The number of fused-ring (bicyclic) bond motifs is 2. The Bertz CT molecular complexity index is 1530. The second kappa shape index (κ2) is 9.40. The largest absolute Gasteiger partial charge is 0.106 e. The van der Waals surface area contributed by atoms with Crippen LogP contribution >= 0.6 is 0 Å². The zero-order chi connectivity index (χ0) is 26.6. The number of allylic oxidation sites excluding steroid dienone is 2. The van der Waals surface area contributed by atoms with Crippen LogP contribution in [-0.4, -0.2) is 8.07 Å². The van der Waals surface area contributed by atoms with Crippen LogP contribution in [0.15, 0.2) is 83.2 Å². The van der Waals surface area contributed by atoms with E-state index in [2.05, 4.69) is 126 Å². The van der Waals surface area contributed by atoms with Gasteiger partial charge in [0, 0.05) is 0 Å². The lowest BCUT2D eigenvalue weighted by molar-refractivity contribution is 1.19. The van der Waals surface area contributed by atoms with Gasteiger partial charge in [-0.2, -0.15) is 0 Å². The van der Waals surface area contributed by atoms with Crippen molar-refractivity contribution in [3.05, 3.63) is 128 Å². The van der Waals surface area contributed by atoms with Crippen molar-refractivity contribution in [1.82, 2.24) is 0 Å². The van der Waals surface area contributed by atoms with Crippen molar-refractivity contribution in [2.45, 2.75) is 60.1 Å². The van der Waals surface area contributed by atoms with Gasteiger partial charge in [0.15, 0.2) is 0 Å². The Hall–Kier alpha value is -3.42. The van der Waals surface area contributed by atoms with Gasteiger partial charge in [-0.3, -0.25) is 0 Å². The summed E-state index contributed by atoms with van der Waals surface area (Å²) in [6.45, 7) is 14.0. The second-order valence-electron chi connectivity index (χ2n) is 11.6. The van der Waals surface area contributed by atoms with Gasteiger partial charge in [-0.25, -0.2) is 0 Å². The number of hydrogen-bond acceptors (Lipinski definition) is 0. The molecule has 1 heteroatoms. The Labute approximate surface area is 229 Å². The molecule has 0 N–H and O–H groups in total. The molecular weight excluding hydrogens is 472 g/mol. The van der Waals surface area contributed by atoms with E-state index in [1.807, 2.05) is 0 Å². The molecule has 0 atom stereocenters. The highest BCUT2D eigenvalue weighted by Crippen LogP contribution is 2.45. The van der Waals surface area contributed by atoms with E-state index in [9.17, 15) is 0 Å². The van der Waals surface area contributed by atoms with Crippen LogP contribution in [0.5, 0.6) is 0 Å². The molecular formula is C37H38Si. The van der Waals surface area contributed by atoms with E-state index in [-0.39, 0.29) is 0 Å². The van der Waals surface area contributed by atoms with Crippen molar-refractivity contribution < 1.29 is 0 Å². The topological polar surface area (TPSA) is 0 Å². The quantitative estimate of drug-likeness (QED) is 0.234. The first kappa shape index (κ1) is 24.9. The maximum Gasteiger partial charge on any atom is 0.106 e. The fourth-order valence-electron chi connectivity index (χ4n) is 6.66. The van der Waals surface area contributed by atoms with Gasteiger partial charge in [0.05, 0.1) is 0 Å². The fraction of sp³-hybridized carbons (Fsp3) is 0.243. The first-order chi connectivity index (χ1) is 18.3. The molecule has 2 aliphatic carbocycles. The molecule has 0 aromatic heterocycles. The summed E-state index contributed by atoms with van der Waals surface area (Å²) in [7, 11) is -1.83. The van der Waals surface area contributed by atoms with Crippen LogP contribution < -0.4 is 0 Å². The lowest BCUT2D eigenvalue weighted by atomic mass is 9.92. The molecule has 190 valence electrons. The maximum absolute atomic E-state index is 2.62. The van der Waals surface area contributed by atoms with Crippen molar-refractivity contribution in [2.24, 2.45) is 0 Å². The Kier molecular flexibility index (Phi) is 6.15. The van der Waals surface area contributed by atoms with Crippen LogP contribution in [0.25, 0.3) is 34.4 Å². The van der Waals surface area contributed by atoms with Gasteiger partial charge in [-0.1, -0.05) is 115 Å². The normalized spacial score (nSPS) is 14.3. The molecule has 0 radical (unpaired) electrons. The van der Waals surface area contributed by atoms with E-state index in [1.54, 1.807) is 10.4 Å². The lowest BCUT2D eigenvalue weighted by Gasteiger charge is -2.30. The fourth-order valence-corrected chi connectivity index (χ4v) is 10.1. The molecule has 0 fully saturated rings. The smallest absolute Gasteiger partial charge is 0.0712 e. The van der Waals surface area contributed by atoms with E-state index in [4.69, 9.17) is 0 Å². The highest BCUT2D eigenvalue weighted by molar-refractivity contribution is 6.93. The summed E-state index contributed by atoms with van der Waals surface area (Å²) in [6.07, 6.45) is 7.39. The summed E-state index contributed by atoms with van der Waals surface area (Å²) in [4.78, 5) is 0. The summed E-state index contributed by atoms with van der Waals surface area (Å²) in [5, 5.41) is 3.39. The van der Waals surface area contributed by atoms with Crippen LogP contribution in [0, 0.1) is 27.7 Å². The minimum atomic E-state index is -1.83. The highest BCUT2D eigenvalue weighted by Gasteiger charge is 2.38. The summed E-state index contributed by atoms with van der Waals surface area (Å²) in [6, 6.07) is 28.6. The summed E-state index contributed by atoms with van der Waals surface area (Å²) in [5.41, 5.74) is 17.0. The molecule has 0 unspecified atom stereocenters. The standard InChI is InChI=1S/C37H38Si/c1-7-38(6,30-20-28-14-10-18-34(36(28)22-30)32-16-8-12-24(2)26(32)4)31-21-29-15-11-19-35(37(29)23-31)33-17-9-13-25(3)27(33)5/h8-19,22-23H,7,20-21H2,1-6H3. The van der Waals surface area contributed by atoms with Crippen molar-refractivity contribution in [3.8, 4) is 22.3 Å². The molecule has 0 amide bonds. The van der Waals surface area contributed by atoms with E-state index >= 15 is 0 Å². The van der Waals surface area contributed by atoms with Crippen LogP contribution in [0.4, 0.5) is 0 Å². The van der Waals surface area contributed by atoms with Gasteiger partial charge >= 0.3 is 0 Å². The van der Waals surface area contributed by atoms with E-state index in [0.29, 0.717) is 0 Å². The Morgan fingerprint density at radius 3 is 1.37 bits per heavy atom. The third kappa shape index (κ3) is 3.87. The second-order valence-corrected chi connectivity index (χ2v) is 16.3. The highest BCUT2D eigenvalue weighted by atomic mass is 28.3. The minimum Gasteiger partial charge on any atom is -0.0712 e. The third-order valence-electron chi connectivity index (χ3n) is 9.71. The number of rotatable bonds is 5. The average Bonchev–Trinajstić information content (AvgIpc) is 3.57. The molecule has 0 bridgehead atoms. The number of hydrogen-bond donors (Lipinski definition) is 0. The van der Waals surface area contributed by atoms with Gasteiger partial charge in [-0.05, 0) is 107 Å². The zero-order valence-electron chi connectivity index (χ0n) is 23.7. The Balaban J connectivity index is 1.43. The van der Waals surface area contributed by atoms with Gasteiger partial charge in [0.1, 0.15) is 8.07 Å². The SMILES string of the molecule is CC[Si](C)(C1=Cc2c(cccc2-c2cccc(C)c2C)C1)C1=Cc2c(cccc2-c2cccc(C)c2C)C1. The predicted molar refractivity (Wildman–Crippen MR) is 168 cm³/mol. The number of benzene rings is 4. The van der Waals surface area contributed by atoms with Crippen LogP contribution in [0.1, 0.15) is 51.4 Å². The van der Waals surface area contributed by atoms with Crippen LogP contribution in [0.2, 0.25) is 12.6 Å². The molecule has 6 rings (SSSR count). The van der Waals surface area contributed by atoms with E-state index in [0.717, 1.165) is 12.8 Å². The van der Waals surface area contributed by atoms with Gasteiger partial charge in [-0.15, -0.1) is 0 Å². The van der Waals surface area contributed by atoms with Crippen molar-refractivity contribution >= 4 is 20.2 Å². The summed E-state index contributed by atoms with van der Waals surface area (Å²) < 4.78 is 0. The van der Waals surface area contributed by atoms with E-state index in [1.165, 1.54) is 72.8 Å². The Morgan fingerprint density at radius 1 is 0.553 bits per heavy atom. The Morgan fingerprint density at radius 2 is 0.947 bits per heavy atom. The average molecular weight is 511 g/mol. The van der Waals surface area contributed by atoms with Gasteiger partial charge < -0.3 is 0 Å². The molecule has 0 saturated carbocycles. The van der Waals surface area contributed by atoms with Gasteiger partial charge in [0.2, 0.25) is 0 Å². The summed E-state index contributed by atoms with van der Waals surface area (Å²) in [5.74, 6) is 0. The van der Waals surface area contributed by atoms with E-state index < -0.39 is 8.07 Å². The lowest BCUT2D eigenvalue weighted by Crippen LogP contribution is -2.35. The molecule has 0 nitrogen and oxygen atoms in total. The molecule has 0 aliphatic heterocycles. The molecule has 2 aliphatic rings. The molecule has 0 heterocycles.